The number of hydrogen-bond acceptors (Lipinski definition) is 4. The van der Waals surface area contributed by atoms with Gasteiger partial charge in [-0.15, -0.1) is 11.3 Å². The van der Waals surface area contributed by atoms with Gasteiger partial charge in [-0.05, 0) is 38.4 Å². The Kier molecular flexibility index (Phi) is 4.27. The molecule has 1 aliphatic rings. The smallest absolute Gasteiger partial charge is 0.122 e. The molecule has 1 aliphatic heterocycles. The van der Waals surface area contributed by atoms with E-state index in [9.17, 15) is 0 Å². The zero-order valence-electron chi connectivity index (χ0n) is 12.9. The Bertz CT molecular complexity index is 604. The van der Waals surface area contributed by atoms with Crippen LogP contribution in [0.15, 0.2) is 24.3 Å². The molecule has 0 radical (unpaired) electrons. The predicted molar refractivity (Wildman–Crippen MR) is 87.2 cm³/mol. The van der Waals surface area contributed by atoms with E-state index >= 15 is 0 Å². The predicted octanol–water partition coefficient (Wildman–Crippen LogP) is 3.76. The number of ether oxygens (including phenoxy) is 1. The Morgan fingerprint density at radius 2 is 2.14 bits per heavy atom. The van der Waals surface area contributed by atoms with Crippen LogP contribution < -0.4 is 4.74 Å². The average molecular weight is 302 g/mol. The maximum absolute atomic E-state index is 5.50. The highest BCUT2D eigenvalue weighted by atomic mass is 32.1. The van der Waals surface area contributed by atoms with Gasteiger partial charge in [0.1, 0.15) is 10.8 Å². The van der Waals surface area contributed by atoms with Crippen LogP contribution in [0.1, 0.15) is 33.5 Å². The standard InChI is InChI=1S/C17H22N2OS/c1-12-13(2)21-17(18-12)11-19-9-8-14(10-19)15-6-4-5-7-16(15)20-3/h4-7,14H,8-11H2,1-3H3/t14-/m0/s1. The fourth-order valence-electron chi connectivity index (χ4n) is 3.03. The number of rotatable bonds is 4. The van der Waals surface area contributed by atoms with Gasteiger partial charge in [0.2, 0.25) is 0 Å². The average Bonchev–Trinajstić information content (AvgIpc) is 3.06. The summed E-state index contributed by atoms with van der Waals surface area (Å²) >= 11 is 1.83. The molecule has 1 aromatic heterocycles. The summed E-state index contributed by atoms with van der Waals surface area (Å²) in [4.78, 5) is 8.50. The van der Waals surface area contributed by atoms with Crippen LogP contribution >= 0.6 is 11.3 Å². The SMILES string of the molecule is COc1ccccc1[C@H]1CCN(Cc2nc(C)c(C)s2)C1. The van der Waals surface area contributed by atoms with Gasteiger partial charge >= 0.3 is 0 Å². The molecule has 1 saturated heterocycles. The van der Waals surface area contributed by atoms with E-state index in [4.69, 9.17) is 4.74 Å². The fraction of sp³-hybridized carbons (Fsp3) is 0.471. The third kappa shape index (κ3) is 3.11. The first-order chi connectivity index (χ1) is 10.2. The zero-order valence-corrected chi connectivity index (χ0v) is 13.7. The molecule has 112 valence electrons. The minimum atomic E-state index is 0.573. The van der Waals surface area contributed by atoms with Crippen molar-refractivity contribution < 1.29 is 4.74 Å². The minimum Gasteiger partial charge on any atom is -0.496 e. The molecule has 1 aromatic carbocycles. The van der Waals surface area contributed by atoms with Crippen molar-refractivity contribution in [2.75, 3.05) is 20.2 Å². The maximum Gasteiger partial charge on any atom is 0.122 e. The summed E-state index contributed by atoms with van der Waals surface area (Å²) in [5.41, 5.74) is 2.52. The number of aromatic nitrogens is 1. The normalized spacial score (nSPS) is 19.1. The largest absolute Gasteiger partial charge is 0.496 e. The Morgan fingerprint density at radius 1 is 1.33 bits per heavy atom. The number of likely N-dealkylation sites (tertiary alicyclic amines) is 1. The highest BCUT2D eigenvalue weighted by Crippen LogP contribution is 2.34. The number of para-hydroxylation sites is 1. The molecule has 0 saturated carbocycles. The van der Waals surface area contributed by atoms with Gasteiger partial charge in [-0.2, -0.15) is 0 Å². The third-order valence-electron chi connectivity index (χ3n) is 4.28. The lowest BCUT2D eigenvalue weighted by Crippen LogP contribution is -2.19. The van der Waals surface area contributed by atoms with Crippen molar-refractivity contribution in [3.05, 3.63) is 45.4 Å². The monoisotopic (exact) mass is 302 g/mol. The van der Waals surface area contributed by atoms with Gasteiger partial charge < -0.3 is 4.74 Å². The molecule has 3 rings (SSSR count). The first-order valence-electron chi connectivity index (χ1n) is 7.45. The number of hydrogen-bond donors (Lipinski definition) is 0. The lowest BCUT2D eigenvalue weighted by Gasteiger charge is -2.16. The van der Waals surface area contributed by atoms with Gasteiger partial charge in [0.15, 0.2) is 0 Å². The molecular formula is C17H22N2OS. The molecule has 21 heavy (non-hydrogen) atoms. The molecule has 0 aliphatic carbocycles. The van der Waals surface area contributed by atoms with E-state index in [1.54, 1.807) is 7.11 Å². The van der Waals surface area contributed by atoms with Crippen molar-refractivity contribution in [3.63, 3.8) is 0 Å². The second kappa shape index (κ2) is 6.16. The van der Waals surface area contributed by atoms with E-state index in [1.807, 2.05) is 17.4 Å². The lowest BCUT2D eigenvalue weighted by atomic mass is 9.97. The summed E-state index contributed by atoms with van der Waals surface area (Å²) in [6.07, 6.45) is 1.20. The van der Waals surface area contributed by atoms with E-state index in [2.05, 4.69) is 41.9 Å². The van der Waals surface area contributed by atoms with Crippen LogP contribution in [0.4, 0.5) is 0 Å². The summed E-state index contributed by atoms with van der Waals surface area (Å²) in [6, 6.07) is 8.40. The number of methoxy groups -OCH3 is 1. The lowest BCUT2D eigenvalue weighted by molar-refractivity contribution is 0.325. The molecule has 0 bridgehead atoms. The van der Waals surface area contributed by atoms with Crippen LogP contribution in [-0.4, -0.2) is 30.1 Å². The van der Waals surface area contributed by atoms with Gasteiger partial charge in [-0.1, -0.05) is 18.2 Å². The second-order valence-electron chi connectivity index (χ2n) is 5.71. The Balaban J connectivity index is 1.68. The minimum absolute atomic E-state index is 0.573. The van der Waals surface area contributed by atoms with Crippen LogP contribution in [0, 0.1) is 13.8 Å². The van der Waals surface area contributed by atoms with Crippen molar-refractivity contribution in [3.8, 4) is 5.75 Å². The van der Waals surface area contributed by atoms with Crippen LogP contribution in [0.5, 0.6) is 5.75 Å². The van der Waals surface area contributed by atoms with Crippen molar-refractivity contribution >= 4 is 11.3 Å². The molecule has 3 nitrogen and oxygen atoms in total. The summed E-state index contributed by atoms with van der Waals surface area (Å²) in [6.45, 7) is 7.46. The quantitative estimate of drug-likeness (QED) is 0.860. The van der Waals surface area contributed by atoms with E-state index in [-0.39, 0.29) is 0 Å². The Hall–Kier alpha value is -1.39. The summed E-state index contributed by atoms with van der Waals surface area (Å²) in [5, 5.41) is 1.24. The van der Waals surface area contributed by atoms with Gasteiger partial charge in [-0.25, -0.2) is 4.98 Å². The molecule has 2 aromatic rings. The molecule has 1 atom stereocenters. The van der Waals surface area contributed by atoms with Crippen LogP contribution in [0.2, 0.25) is 0 Å². The van der Waals surface area contributed by atoms with E-state index in [0.717, 1.165) is 25.4 Å². The molecule has 0 N–H and O–H groups in total. The first kappa shape index (κ1) is 14.5. The van der Waals surface area contributed by atoms with E-state index in [1.165, 1.54) is 27.6 Å². The highest BCUT2D eigenvalue weighted by molar-refractivity contribution is 7.11. The van der Waals surface area contributed by atoms with Crippen LogP contribution in [0.25, 0.3) is 0 Å². The molecule has 2 heterocycles. The van der Waals surface area contributed by atoms with Gasteiger partial charge in [0, 0.05) is 17.3 Å². The van der Waals surface area contributed by atoms with Gasteiger partial charge in [-0.3, -0.25) is 4.90 Å². The van der Waals surface area contributed by atoms with Gasteiger partial charge in [0.05, 0.1) is 19.3 Å². The first-order valence-corrected chi connectivity index (χ1v) is 8.27. The van der Waals surface area contributed by atoms with Gasteiger partial charge in [0.25, 0.3) is 0 Å². The molecule has 0 unspecified atom stereocenters. The molecule has 1 fully saturated rings. The van der Waals surface area contributed by atoms with Crippen molar-refractivity contribution in [1.82, 2.24) is 9.88 Å². The highest BCUT2D eigenvalue weighted by Gasteiger charge is 2.26. The summed E-state index contributed by atoms with van der Waals surface area (Å²) in [7, 11) is 1.76. The maximum atomic E-state index is 5.50. The topological polar surface area (TPSA) is 25.4 Å². The number of benzene rings is 1. The fourth-order valence-corrected chi connectivity index (χ4v) is 4.01. The number of aryl methyl sites for hydroxylation is 2. The van der Waals surface area contributed by atoms with Crippen molar-refractivity contribution in [1.29, 1.82) is 0 Å². The van der Waals surface area contributed by atoms with Crippen LogP contribution in [-0.2, 0) is 6.54 Å². The number of thiazole rings is 1. The molecule has 0 spiro atoms. The second-order valence-corrected chi connectivity index (χ2v) is 7.00. The Morgan fingerprint density at radius 3 is 2.86 bits per heavy atom. The van der Waals surface area contributed by atoms with E-state index < -0.39 is 0 Å². The summed E-state index contributed by atoms with van der Waals surface area (Å²) < 4.78 is 5.50. The van der Waals surface area contributed by atoms with Crippen molar-refractivity contribution in [2.24, 2.45) is 0 Å². The van der Waals surface area contributed by atoms with E-state index in [0.29, 0.717) is 5.92 Å². The molecular weight excluding hydrogens is 280 g/mol. The molecule has 0 amide bonds. The van der Waals surface area contributed by atoms with Crippen LogP contribution in [0.3, 0.4) is 0 Å². The summed E-state index contributed by atoms with van der Waals surface area (Å²) in [5.74, 6) is 1.59. The zero-order chi connectivity index (χ0) is 14.8. The third-order valence-corrected chi connectivity index (χ3v) is 5.34. The number of nitrogens with zero attached hydrogens (tertiary/aromatic N) is 2. The molecule has 4 heteroatoms. The van der Waals surface area contributed by atoms with Crippen molar-refractivity contribution in [2.45, 2.75) is 32.7 Å². The Labute approximate surface area is 130 Å².